The molecule has 0 aliphatic heterocycles. The molecule has 0 aromatic carbocycles. The van der Waals surface area contributed by atoms with E-state index in [-0.39, 0.29) is 11.6 Å². The summed E-state index contributed by atoms with van der Waals surface area (Å²) < 4.78 is 5.78. The lowest BCUT2D eigenvalue weighted by Gasteiger charge is -2.22. The van der Waals surface area contributed by atoms with E-state index < -0.39 is 0 Å². The van der Waals surface area contributed by atoms with Gasteiger partial charge in [-0.1, -0.05) is 20.8 Å². The van der Waals surface area contributed by atoms with E-state index in [2.05, 4.69) is 25.2 Å². The topological polar surface area (TPSA) is 45.0 Å². The number of nitrogens with zero attached hydrogens (tertiary/aromatic N) is 1. The summed E-state index contributed by atoms with van der Waals surface area (Å²) in [5.74, 6) is 0.571. The molecule has 1 rings (SSSR count). The van der Waals surface area contributed by atoms with Crippen molar-refractivity contribution >= 4 is 0 Å². The molecule has 1 aliphatic rings. The van der Waals surface area contributed by atoms with Crippen LogP contribution in [0.25, 0.3) is 0 Å². The normalized spacial score (nSPS) is 30.7. The van der Waals surface area contributed by atoms with Crippen LogP contribution in [0.4, 0.5) is 0 Å². The third-order valence-corrected chi connectivity index (χ3v) is 2.86. The first-order valence-corrected chi connectivity index (χ1v) is 5.90. The molecule has 1 fully saturated rings. The van der Waals surface area contributed by atoms with Crippen molar-refractivity contribution in [3.05, 3.63) is 0 Å². The van der Waals surface area contributed by atoms with Crippen LogP contribution in [0.5, 0.6) is 0 Å². The van der Waals surface area contributed by atoms with Crippen LogP contribution >= 0.6 is 0 Å². The standard InChI is InChI=1S/C12H22N2O/c1-4-14-12(9-13)6-5-11(7-12)15-8-10(2)3/h10-11,14H,4-8H2,1-3H3. The van der Waals surface area contributed by atoms with Gasteiger partial charge in [-0.15, -0.1) is 0 Å². The smallest absolute Gasteiger partial charge is 0.109 e. The Bertz CT molecular complexity index is 234. The van der Waals surface area contributed by atoms with Gasteiger partial charge in [0.25, 0.3) is 0 Å². The predicted molar refractivity (Wildman–Crippen MR) is 60.4 cm³/mol. The second kappa shape index (κ2) is 5.48. The molecule has 0 spiro atoms. The molecule has 0 aromatic rings. The summed E-state index contributed by atoms with van der Waals surface area (Å²) in [5, 5.41) is 12.5. The van der Waals surface area contributed by atoms with Crippen molar-refractivity contribution in [1.82, 2.24) is 5.32 Å². The summed E-state index contributed by atoms with van der Waals surface area (Å²) in [6.07, 6.45) is 3.03. The average molecular weight is 210 g/mol. The number of hydrogen-bond acceptors (Lipinski definition) is 3. The van der Waals surface area contributed by atoms with Crippen molar-refractivity contribution in [3.8, 4) is 6.07 Å². The van der Waals surface area contributed by atoms with E-state index in [1.54, 1.807) is 0 Å². The maximum atomic E-state index is 9.17. The number of ether oxygens (including phenoxy) is 1. The molecule has 0 aromatic heterocycles. The van der Waals surface area contributed by atoms with Crippen LogP contribution in [0.1, 0.15) is 40.0 Å². The van der Waals surface area contributed by atoms with Gasteiger partial charge in [0.05, 0.1) is 12.2 Å². The highest BCUT2D eigenvalue weighted by molar-refractivity contribution is 5.12. The van der Waals surface area contributed by atoms with Crippen molar-refractivity contribution in [2.45, 2.75) is 51.7 Å². The Labute approximate surface area is 92.8 Å². The Morgan fingerprint density at radius 1 is 1.60 bits per heavy atom. The fourth-order valence-corrected chi connectivity index (χ4v) is 2.11. The van der Waals surface area contributed by atoms with Gasteiger partial charge in [-0.05, 0) is 25.3 Å². The zero-order valence-electron chi connectivity index (χ0n) is 10.0. The first kappa shape index (κ1) is 12.5. The van der Waals surface area contributed by atoms with E-state index in [0.717, 1.165) is 32.4 Å². The molecule has 0 heterocycles. The number of hydrogen-bond donors (Lipinski definition) is 1. The fourth-order valence-electron chi connectivity index (χ4n) is 2.11. The Balaban J connectivity index is 2.40. The van der Waals surface area contributed by atoms with Gasteiger partial charge >= 0.3 is 0 Å². The van der Waals surface area contributed by atoms with Crippen LogP contribution in [-0.2, 0) is 4.74 Å². The molecule has 1 aliphatic carbocycles. The minimum Gasteiger partial charge on any atom is -0.378 e. The largest absolute Gasteiger partial charge is 0.378 e. The molecule has 0 radical (unpaired) electrons. The third-order valence-electron chi connectivity index (χ3n) is 2.86. The Morgan fingerprint density at radius 2 is 2.33 bits per heavy atom. The third kappa shape index (κ3) is 3.48. The Kier molecular flexibility index (Phi) is 4.56. The van der Waals surface area contributed by atoms with Crippen LogP contribution in [-0.4, -0.2) is 24.8 Å². The maximum absolute atomic E-state index is 9.17. The Morgan fingerprint density at radius 3 is 2.87 bits per heavy atom. The second-order valence-corrected chi connectivity index (χ2v) is 4.82. The molecule has 15 heavy (non-hydrogen) atoms. The molecular weight excluding hydrogens is 188 g/mol. The van der Waals surface area contributed by atoms with E-state index >= 15 is 0 Å². The zero-order valence-corrected chi connectivity index (χ0v) is 10.0. The van der Waals surface area contributed by atoms with Crippen molar-refractivity contribution in [2.24, 2.45) is 5.92 Å². The highest BCUT2D eigenvalue weighted by Crippen LogP contribution is 2.31. The quantitative estimate of drug-likeness (QED) is 0.755. The van der Waals surface area contributed by atoms with Crippen molar-refractivity contribution in [2.75, 3.05) is 13.2 Å². The molecule has 3 heteroatoms. The van der Waals surface area contributed by atoms with Gasteiger partial charge in [0, 0.05) is 13.0 Å². The van der Waals surface area contributed by atoms with Crippen LogP contribution < -0.4 is 5.32 Å². The summed E-state index contributed by atoms with van der Waals surface area (Å²) in [6, 6.07) is 2.40. The Hall–Kier alpha value is -0.590. The summed E-state index contributed by atoms with van der Waals surface area (Å²) in [7, 11) is 0. The van der Waals surface area contributed by atoms with Gasteiger partial charge in [-0.3, -0.25) is 5.32 Å². The summed E-state index contributed by atoms with van der Waals surface area (Å²) >= 11 is 0. The predicted octanol–water partition coefficient (Wildman–Crippen LogP) is 2.08. The van der Waals surface area contributed by atoms with E-state index in [1.807, 2.05) is 6.92 Å². The highest BCUT2D eigenvalue weighted by atomic mass is 16.5. The minimum atomic E-state index is -0.323. The van der Waals surface area contributed by atoms with Crippen LogP contribution in [0.15, 0.2) is 0 Å². The molecule has 0 saturated heterocycles. The number of nitriles is 1. The monoisotopic (exact) mass is 210 g/mol. The second-order valence-electron chi connectivity index (χ2n) is 4.82. The molecule has 86 valence electrons. The van der Waals surface area contributed by atoms with Crippen molar-refractivity contribution in [3.63, 3.8) is 0 Å². The SMILES string of the molecule is CCNC1(C#N)CCC(OCC(C)C)C1. The molecule has 2 unspecified atom stereocenters. The van der Waals surface area contributed by atoms with E-state index in [4.69, 9.17) is 4.74 Å². The van der Waals surface area contributed by atoms with Gasteiger partial charge in [0.1, 0.15) is 5.54 Å². The molecule has 1 N–H and O–H groups in total. The van der Waals surface area contributed by atoms with Gasteiger partial charge in [-0.25, -0.2) is 0 Å². The molecule has 0 amide bonds. The van der Waals surface area contributed by atoms with Crippen LogP contribution in [0.3, 0.4) is 0 Å². The molecule has 0 bridgehead atoms. The number of rotatable bonds is 5. The summed E-state index contributed by atoms with van der Waals surface area (Å²) in [5.41, 5.74) is -0.323. The van der Waals surface area contributed by atoms with Gasteiger partial charge in [0.2, 0.25) is 0 Å². The molecule has 2 atom stereocenters. The first-order chi connectivity index (χ1) is 7.12. The maximum Gasteiger partial charge on any atom is 0.109 e. The van der Waals surface area contributed by atoms with Gasteiger partial charge in [0.15, 0.2) is 0 Å². The fraction of sp³-hybridized carbons (Fsp3) is 0.917. The summed E-state index contributed by atoms with van der Waals surface area (Å²) in [4.78, 5) is 0. The van der Waals surface area contributed by atoms with E-state index in [9.17, 15) is 5.26 Å². The molecule has 1 saturated carbocycles. The lowest BCUT2D eigenvalue weighted by Crippen LogP contribution is -2.41. The van der Waals surface area contributed by atoms with E-state index in [0.29, 0.717) is 5.92 Å². The minimum absolute atomic E-state index is 0.270. The van der Waals surface area contributed by atoms with Gasteiger partial charge < -0.3 is 4.74 Å². The average Bonchev–Trinajstić information content (AvgIpc) is 2.60. The van der Waals surface area contributed by atoms with Crippen LogP contribution in [0.2, 0.25) is 0 Å². The first-order valence-electron chi connectivity index (χ1n) is 5.90. The van der Waals surface area contributed by atoms with E-state index in [1.165, 1.54) is 0 Å². The molecule has 3 nitrogen and oxygen atoms in total. The highest BCUT2D eigenvalue weighted by Gasteiger charge is 2.39. The van der Waals surface area contributed by atoms with Crippen LogP contribution in [0, 0.1) is 17.2 Å². The van der Waals surface area contributed by atoms with Gasteiger partial charge in [-0.2, -0.15) is 5.26 Å². The number of nitrogens with one attached hydrogen (secondary N) is 1. The van der Waals surface area contributed by atoms with Crippen molar-refractivity contribution < 1.29 is 4.74 Å². The molecular formula is C12H22N2O. The van der Waals surface area contributed by atoms with Crippen molar-refractivity contribution in [1.29, 1.82) is 5.26 Å². The lowest BCUT2D eigenvalue weighted by molar-refractivity contribution is 0.0375. The summed E-state index contributed by atoms with van der Waals surface area (Å²) in [6.45, 7) is 8.00. The lowest BCUT2D eigenvalue weighted by atomic mass is 10.00. The zero-order chi connectivity index (χ0) is 11.3.